The van der Waals surface area contributed by atoms with E-state index in [2.05, 4.69) is 15.2 Å². The molecule has 0 amide bonds. The number of nitrogens with zero attached hydrogens (tertiary/aromatic N) is 2. The van der Waals surface area contributed by atoms with E-state index in [1.54, 1.807) is 0 Å². The van der Waals surface area contributed by atoms with E-state index >= 15 is 0 Å². The molecule has 5 nitrogen and oxygen atoms in total. The molecule has 0 aliphatic rings. The molecule has 0 spiro atoms. The Bertz CT molecular complexity index is 287. The minimum atomic E-state index is -0.222. The van der Waals surface area contributed by atoms with Crippen LogP contribution in [0.1, 0.15) is 6.42 Å². The molecule has 0 aromatic carbocycles. The summed E-state index contributed by atoms with van der Waals surface area (Å²) in [7, 11) is 0. The van der Waals surface area contributed by atoms with Gasteiger partial charge >= 0.3 is 0 Å². The molecule has 0 saturated heterocycles. The average Bonchev–Trinajstić information content (AvgIpc) is 2.05. The second kappa shape index (κ2) is 4.89. The Morgan fingerprint density at radius 3 is 3.17 bits per heavy atom. The first-order chi connectivity index (χ1) is 5.83. The number of nitrogens with one attached hydrogen (secondary N) is 1. The fourth-order valence-corrected chi connectivity index (χ4v) is 1.40. The molecule has 3 N–H and O–H groups in total. The van der Waals surface area contributed by atoms with E-state index in [4.69, 9.17) is 5.73 Å². The van der Waals surface area contributed by atoms with Crippen molar-refractivity contribution < 1.29 is 0 Å². The van der Waals surface area contributed by atoms with Gasteiger partial charge in [-0.25, -0.2) is 0 Å². The second-order valence-electron chi connectivity index (χ2n) is 2.13. The standard InChI is InChI=1S/C6H10N4OS/c7-2-1-3-12-6-9-5(11)4-8-10-6/h4H,1-3,7H2,(H,9,10,11). The van der Waals surface area contributed by atoms with Gasteiger partial charge in [-0.05, 0) is 13.0 Å². The van der Waals surface area contributed by atoms with Crippen LogP contribution in [0.3, 0.4) is 0 Å². The summed E-state index contributed by atoms with van der Waals surface area (Å²) >= 11 is 1.45. The first kappa shape index (κ1) is 9.21. The molecule has 0 radical (unpaired) electrons. The summed E-state index contributed by atoms with van der Waals surface area (Å²) in [6.07, 6.45) is 2.05. The van der Waals surface area contributed by atoms with Crippen molar-refractivity contribution in [2.24, 2.45) is 5.73 Å². The Kier molecular flexibility index (Phi) is 3.75. The molecule has 66 valence electrons. The number of thioether (sulfide) groups is 1. The lowest BCUT2D eigenvalue weighted by molar-refractivity contribution is 0.814. The van der Waals surface area contributed by atoms with Crippen LogP contribution in [0.15, 0.2) is 16.1 Å². The van der Waals surface area contributed by atoms with Crippen LogP contribution in [0.4, 0.5) is 0 Å². The fraction of sp³-hybridized carbons (Fsp3) is 0.500. The van der Waals surface area contributed by atoms with Crippen LogP contribution in [0.5, 0.6) is 0 Å². The second-order valence-corrected chi connectivity index (χ2v) is 3.21. The van der Waals surface area contributed by atoms with E-state index in [9.17, 15) is 4.79 Å². The molecule has 0 aliphatic carbocycles. The summed E-state index contributed by atoms with van der Waals surface area (Å²) in [5.41, 5.74) is 5.08. The number of aromatic nitrogens is 3. The molecule has 0 fully saturated rings. The number of aromatic amines is 1. The Hall–Kier alpha value is -0.880. The maximum absolute atomic E-state index is 10.7. The van der Waals surface area contributed by atoms with Gasteiger partial charge in [0.25, 0.3) is 5.56 Å². The third-order valence-corrected chi connectivity index (χ3v) is 2.09. The quantitative estimate of drug-likeness (QED) is 0.494. The Labute approximate surface area is 73.8 Å². The van der Waals surface area contributed by atoms with E-state index in [0.717, 1.165) is 18.4 Å². The van der Waals surface area contributed by atoms with Gasteiger partial charge < -0.3 is 5.73 Å². The monoisotopic (exact) mass is 186 g/mol. The summed E-state index contributed by atoms with van der Waals surface area (Å²) in [5.74, 6) is 0.852. The zero-order valence-electron chi connectivity index (χ0n) is 6.49. The van der Waals surface area contributed by atoms with Crippen molar-refractivity contribution in [1.29, 1.82) is 0 Å². The van der Waals surface area contributed by atoms with E-state index in [-0.39, 0.29) is 5.56 Å². The molecule has 1 heterocycles. The van der Waals surface area contributed by atoms with Crippen LogP contribution in [-0.2, 0) is 0 Å². The molecule has 12 heavy (non-hydrogen) atoms. The molecule has 1 aromatic rings. The number of rotatable bonds is 4. The molecular weight excluding hydrogens is 176 g/mol. The van der Waals surface area contributed by atoms with E-state index in [1.165, 1.54) is 11.8 Å². The molecule has 0 saturated carbocycles. The number of nitrogens with two attached hydrogens (primary N) is 1. The first-order valence-electron chi connectivity index (χ1n) is 3.58. The summed E-state index contributed by atoms with van der Waals surface area (Å²) in [6.45, 7) is 0.650. The van der Waals surface area contributed by atoms with Gasteiger partial charge in [-0.1, -0.05) is 11.8 Å². The SMILES string of the molecule is NCCCSc1nncc(=O)[nH]1. The Balaban J connectivity index is 2.47. The largest absolute Gasteiger partial charge is 0.330 e. The van der Waals surface area contributed by atoms with E-state index in [1.807, 2.05) is 0 Å². The van der Waals surface area contributed by atoms with Gasteiger partial charge in [-0.15, -0.1) is 5.10 Å². The molecular formula is C6H10N4OS. The van der Waals surface area contributed by atoms with Crippen LogP contribution in [-0.4, -0.2) is 27.5 Å². The molecule has 0 bridgehead atoms. The predicted molar refractivity (Wildman–Crippen MR) is 47.0 cm³/mol. The van der Waals surface area contributed by atoms with Crippen molar-refractivity contribution in [2.45, 2.75) is 11.6 Å². The maximum Gasteiger partial charge on any atom is 0.270 e. The topological polar surface area (TPSA) is 84.7 Å². The summed E-state index contributed by atoms with van der Waals surface area (Å²) in [5, 5.41) is 7.80. The van der Waals surface area contributed by atoms with Gasteiger partial charge in [0.05, 0.1) is 0 Å². The van der Waals surface area contributed by atoms with Crippen LogP contribution in [0, 0.1) is 0 Å². The highest BCUT2D eigenvalue weighted by molar-refractivity contribution is 7.99. The van der Waals surface area contributed by atoms with Crippen molar-refractivity contribution in [3.8, 4) is 0 Å². The molecule has 1 rings (SSSR count). The van der Waals surface area contributed by atoms with Crippen LogP contribution >= 0.6 is 11.8 Å². The maximum atomic E-state index is 10.7. The van der Waals surface area contributed by atoms with Gasteiger partial charge in [-0.2, -0.15) is 5.10 Å². The van der Waals surface area contributed by atoms with Crippen molar-refractivity contribution in [3.63, 3.8) is 0 Å². The van der Waals surface area contributed by atoms with Gasteiger partial charge in [0.15, 0.2) is 5.16 Å². The van der Waals surface area contributed by atoms with Crippen molar-refractivity contribution >= 4 is 11.8 Å². The number of H-pyrrole nitrogens is 1. The molecule has 0 unspecified atom stereocenters. The third-order valence-electron chi connectivity index (χ3n) is 1.14. The normalized spacial score (nSPS) is 10.1. The van der Waals surface area contributed by atoms with Crippen molar-refractivity contribution in [2.75, 3.05) is 12.3 Å². The third kappa shape index (κ3) is 3.02. The highest BCUT2D eigenvalue weighted by Gasteiger charge is 1.95. The minimum Gasteiger partial charge on any atom is -0.330 e. The molecule has 1 aromatic heterocycles. The lowest BCUT2D eigenvalue weighted by Gasteiger charge is -1.96. The highest BCUT2D eigenvalue weighted by atomic mass is 32.2. The van der Waals surface area contributed by atoms with Crippen molar-refractivity contribution in [1.82, 2.24) is 15.2 Å². The smallest absolute Gasteiger partial charge is 0.270 e. The van der Waals surface area contributed by atoms with E-state index < -0.39 is 0 Å². The Morgan fingerprint density at radius 1 is 1.67 bits per heavy atom. The van der Waals surface area contributed by atoms with Gasteiger partial charge in [0, 0.05) is 5.75 Å². The highest BCUT2D eigenvalue weighted by Crippen LogP contribution is 2.09. The zero-order valence-corrected chi connectivity index (χ0v) is 7.30. The first-order valence-corrected chi connectivity index (χ1v) is 4.56. The van der Waals surface area contributed by atoms with Crippen molar-refractivity contribution in [3.05, 3.63) is 16.6 Å². The van der Waals surface area contributed by atoms with Gasteiger partial charge in [0.1, 0.15) is 6.20 Å². The van der Waals surface area contributed by atoms with Gasteiger partial charge in [-0.3, -0.25) is 9.78 Å². The fourth-order valence-electron chi connectivity index (χ4n) is 0.614. The van der Waals surface area contributed by atoms with Gasteiger partial charge in [0.2, 0.25) is 0 Å². The number of hydrogen-bond donors (Lipinski definition) is 2. The summed E-state index contributed by atoms with van der Waals surface area (Å²) < 4.78 is 0. The minimum absolute atomic E-state index is 0.222. The average molecular weight is 186 g/mol. The number of hydrogen-bond acceptors (Lipinski definition) is 5. The molecule has 0 atom stereocenters. The Morgan fingerprint density at radius 2 is 2.50 bits per heavy atom. The lowest BCUT2D eigenvalue weighted by atomic mass is 10.5. The van der Waals surface area contributed by atoms with Crippen LogP contribution < -0.4 is 11.3 Å². The molecule has 0 aliphatic heterocycles. The van der Waals surface area contributed by atoms with E-state index in [0.29, 0.717) is 11.7 Å². The van der Waals surface area contributed by atoms with Crippen LogP contribution in [0.2, 0.25) is 0 Å². The molecule has 6 heteroatoms. The van der Waals surface area contributed by atoms with Crippen LogP contribution in [0.25, 0.3) is 0 Å². The summed E-state index contributed by atoms with van der Waals surface area (Å²) in [4.78, 5) is 13.3. The lowest BCUT2D eigenvalue weighted by Crippen LogP contribution is -2.08. The summed E-state index contributed by atoms with van der Waals surface area (Å²) in [6, 6.07) is 0. The predicted octanol–water partition coefficient (Wildman–Crippen LogP) is -0.394. The zero-order chi connectivity index (χ0) is 8.81.